The lowest BCUT2D eigenvalue weighted by molar-refractivity contribution is 1.07. The molecule has 0 unspecified atom stereocenters. The molecule has 0 aliphatic carbocycles. The predicted molar refractivity (Wildman–Crippen MR) is 285 cm³/mol. The zero-order chi connectivity index (χ0) is 45.7. The van der Waals surface area contributed by atoms with Gasteiger partial charge in [-0.1, -0.05) is 212 Å². The molecule has 322 valence electrons. The molecule has 0 saturated heterocycles. The second-order valence-electron chi connectivity index (χ2n) is 17.4. The Labute approximate surface area is 399 Å². The molecular formula is C64H41N5. The van der Waals surface area contributed by atoms with E-state index < -0.39 is 0 Å². The second kappa shape index (κ2) is 16.8. The standard InChI is InChI=1S/C64H41N5/c1-4-15-42(16-5-1)44-27-33-47(34-28-44)62-66-63(48-35-29-45(30-36-48)43-17-6-2-7-18-43)68-64(67-62)49-37-31-46(32-38-49)50-19-14-20-51(41-50)61-55-39-40-58-60(59(55)53-23-10-12-25-56(53)65-61)54-24-11-13-26-57(54)69(58)52-21-8-3-9-22-52/h1-41H. The van der Waals surface area contributed by atoms with E-state index in [1.54, 1.807) is 0 Å². The van der Waals surface area contributed by atoms with E-state index in [4.69, 9.17) is 19.9 Å². The van der Waals surface area contributed by atoms with Crippen LogP contribution < -0.4 is 0 Å². The van der Waals surface area contributed by atoms with Gasteiger partial charge in [0.2, 0.25) is 0 Å². The fraction of sp³-hybridized carbons (Fsp3) is 0. The Morgan fingerprint density at radius 2 is 0.681 bits per heavy atom. The number of benzene rings is 10. The Balaban J connectivity index is 0.894. The monoisotopic (exact) mass is 879 g/mol. The summed E-state index contributed by atoms with van der Waals surface area (Å²) >= 11 is 0. The highest BCUT2D eigenvalue weighted by molar-refractivity contribution is 6.29. The molecule has 0 N–H and O–H groups in total. The smallest absolute Gasteiger partial charge is 0.164 e. The van der Waals surface area contributed by atoms with Gasteiger partial charge in [0.25, 0.3) is 0 Å². The molecule has 3 aromatic heterocycles. The van der Waals surface area contributed by atoms with Gasteiger partial charge in [-0.2, -0.15) is 0 Å². The van der Waals surface area contributed by atoms with Gasteiger partial charge in [0.05, 0.1) is 22.2 Å². The summed E-state index contributed by atoms with van der Waals surface area (Å²) in [6, 6.07) is 87.5. The number of rotatable bonds is 8. The molecule has 0 aliphatic rings. The number of hydrogen-bond acceptors (Lipinski definition) is 4. The number of pyridine rings is 1. The first-order chi connectivity index (χ1) is 34.2. The summed E-state index contributed by atoms with van der Waals surface area (Å²) in [5.41, 5.74) is 16.0. The van der Waals surface area contributed by atoms with Gasteiger partial charge < -0.3 is 4.57 Å². The van der Waals surface area contributed by atoms with Crippen LogP contribution in [0.25, 0.3) is 128 Å². The first-order valence-electron chi connectivity index (χ1n) is 23.3. The van der Waals surface area contributed by atoms with Crippen LogP contribution in [0.3, 0.4) is 0 Å². The molecule has 0 atom stereocenters. The Hall–Kier alpha value is -9.32. The third-order valence-electron chi connectivity index (χ3n) is 13.3. The van der Waals surface area contributed by atoms with Gasteiger partial charge in [-0.3, -0.25) is 0 Å². The summed E-state index contributed by atoms with van der Waals surface area (Å²) < 4.78 is 2.38. The van der Waals surface area contributed by atoms with Crippen molar-refractivity contribution in [3.63, 3.8) is 0 Å². The van der Waals surface area contributed by atoms with Crippen molar-refractivity contribution in [2.45, 2.75) is 0 Å². The summed E-state index contributed by atoms with van der Waals surface area (Å²) in [6.45, 7) is 0. The summed E-state index contributed by atoms with van der Waals surface area (Å²) in [6.07, 6.45) is 0. The fourth-order valence-electron chi connectivity index (χ4n) is 9.88. The summed E-state index contributed by atoms with van der Waals surface area (Å²) in [5, 5.41) is 5.93. The number of aromatic nitrogens is 5. The van der Waals surface area contributed by atoms with E-state index in [2.05, 4.69) is 241 Å². The van der Waals surface area contributed by atoms with Crippen LogP contribution in [0.5, 0.6) is 0 Å². The molecule has 13 rings (SSSR count). The van der Waals surface area contributed by atoms with Crippen LogP contribution in [0.2, 0.25) is 0 Å². The third kappa shape index (κ3) is 7.21. The average Bonchev–Trinajstić information content (AvgIpc) is 3.78. The lowest BCUT2D eigenvalue weighted by Gasteiger charge is -2.13. The highest BCUT2D eigenvalue weighted by Gasteiger charge is 2.20. The first kappa shape index (κ1) is 40.0. The largest absolute Gasteiger partial charge is 0.309 e. The number of hydrogen-bond donors (Lipinski definition) is 0. The highest BCUT2D eigenvalue weighted by atomic mass is 15.0. The van der Waals surface area contributed by atoms with Crippen LogP contribution in [0, 0.1) is 0 Å². The van der Waals surface area contributed by atoms with Crippen LogP contribution in [0.4, 0.5) is 0 Å². The molecule has 0 fully saturated rings. The van der Waals surface area contributed by atoms with E-state index in [1.807, 2.05) is 12.1 Å². The van der Waals surface area contributed by atoms with Crippen LogP contribution in [0.1, 0.15) is 0 Å². The SMILES string of the molecule is c1ccc(-c2ccc(-c3nc(-c4ccc(-c5ccccc5)cc4)nc(-c4ccc(-c5cccc(-c6nc7ccccc7c7c6ccc6c7c7ccccc7n6-c6ccccc6)c5)cc4)n3)cc2)cc1. The van der Waals surface area contributed by atoms with E-state index in [1.165, 1.54) is 27.2 Å². The molecule has 0 radical (unpaired) electrons. The van der Waals surface area contributed by atoms with Crippen molar-refractivity contribution < 1.29 is 0 Å². The number of fused-ring (bicyclic) bond motifs is 7. The molecule has 0 bridgehead atoms. The van der Waals surface area contributed by atoms with Crippen molar-refractivity contribution in [1.29, 1.82) is 0 Å². The van der Waals surface area contributed by atoms with Gasteiger partial charge in [0, 0.05) is 54.9 Å². The Kier molecular flexibility index (Phi) is 9.76. The molecule has 0 aliphatic heterocycles. The molecule has 0 spiro atoms. The molecule has 0 saturated carbocycles. The van der Waals surface area contributed by atoms with Gasteiger partial charge in [-0.15, -0.1) is 0 Å². The van der Waals surface area contributed by atoms with Crippen molar-refractivity contribution in [3.8, 4) is 84.5 Å². The normalized spacial score (nSPS) is 11.5. The topological polar surface area (TPSA) is 56.5 Å². The van der Waals surface area contributed by atoms with E-state index in [0.717, 1.165) is 83.3 Å². The van der Waals surface area contributed by atoms with Crippen LogP contribution >= 0.6 is 0 Å². The molecule has 3 heterocycles. The van der Waals surface area contributed by atoms with Crippen molar-refractivity contribution >= 4 is 43.5 Å². The molecule has 13 aromatic rings. The molecular weight excluding hydrogens is 839 g/mol. The average molecular weight is 880 g/mol. The van der Waals surface area contributed by atoms with Crippen molar-refractivity contribution in [3.05, 3.63) is 249 Å². The summed E-state index contributed by atoms with van der Waals surface area (Å²) in [7, 11) is 0. The van der Waals surface area contributed by atoms with Gasteiger partial charge in [0.1, 0.15) is 0 Å². The minimum Gasteiger partial charge on any atom is -0.309 e. The number of nitrogens with zero attached hydrogens (tertiary/aromatic N) is 5. The predicted octanol–water partition coefficient (Wildman–Crippen LogP) is 16.3. The van der Waals surface area contributed by atoms with Gasteiger partial charge >= 0.3 is 0 Å². The van der Waals surface area contributed by atoms with Crippen LogP contribution in [0.15, 0.2) is 249 Å². The maximum atomic E-state index is 5.39. The van der Waals surface area contributed by atoms with Crippen LogP contribution in [-0.2, 0) is 0 Å². The zero-order valence-electron chi connectivity index (χ0n) is 37.4. The lowest BCUT2D eigenvalue weighted by atomic mass is 9.94. The van der Waals surface area contributed by atoms with Crippen LogP contribution in [-0.4, -0.2) is 24.5 Å². The van der Waals surface area contributed by atoms with Gasteiger partial charge in [-0.25, -0.2) is 19.9 Å². The van der Waals surface area contributed by atoms with Gasteiger partial charge in [-0.05, 0) is 69.8 Å². The fourth-order valence-corrected chi connectivity index (χ4v) is 9.88. The van der Waals surface area contributed by atoms with Crippen molar-refractivity contribution in [2.75, 3.05) is 0 Å². The molecule has 10 aromatic carbocycles. The van der Waals surface area contributed by atoms with E-state index in [0.29, 0.717) is 17.5 Å². The quantitative estimate of drug-likeness (QED) is 0.143. The van der Waals surface area contributed by atoms with Crippen molar-refractivity contribution in [1.82, 2.24) is 24.5 Å². The van der Waals surface area contributed by atoms with Crippen molar-refractivity contribution in [2.24, 2.45) is 0 Å². The maximum Gasteiger partial charge on any atom is 0.164 e. The minimum absolute atomic E-state index is 0.612. The molecule has 0 amide bonds. The lowest BCUT2D eigenvalue weighted by Crippen LogP contribution is -2.00. The maximum absolute atomic E-state index is 5.39. The summed E-state index contributed by atoms with van der Waals surface area (Å²) in [4.78, 5) is 20.7. The van der Waals surface area contributed by atoms with Gasteiger partial charge in [0.15, 0.2) is 17.5 Å². The Morgan fingerprint density at radius 3 is 1.26 bits per heavy atom. The molecule has 5 heteroatoms. The Morgan fingerprint density at radius 1 is 0.246 bits per heavy atom. The third-order valence-corrected chi connectivity index (χ3v) is 13.3. The van der Waals surface area contributed by atoms with E-state index >= 15 is 0 Å². The first-order valence-corrected chi connectivity index (χ1v) is 23.3. The Bertz CT molecular complexity index is 3910. The molecule has 69 heavy (non-hydrogen) atoms. The number of para-hydroxylation sites is 3. The van der Waals surface area contributed by atoms with E-state index in [9.17, 15) is 0 Å². The highest BCUT2D eigenvalue weighted by Crippen LogP contribution is 2.43. The second-order valence-corrected chi connectivity index (χ2v) is 17.4. The minimum atomic E-state index is 0.612. The summed E-state index contributed by atoms with van der Waals surface area (Å²) in [5.74, 6) is 1.85. The van der Waals surface area contributed by atoms with E-state index in [-0.39, 0.29) is 0 Å². The molecule has 5 nitrogen and oxygen atoms in total. The zero-order valence-corrected chi connectivity index (χ0v) is 37.4.